The van der Waals surface area contributed by atoms with Crippen molar-refractivity contribution in [2.45, 2.75) is 38.1 Å². The number of rotatable bonds is 1. The van der Waals surface area contributed by atoms with Crippen molar-refractivity contribution in [3.05, 3.63) is 0 Å². The topological polar surface area (TPSA) is 52.3 Å². The third kappa shape index (κ3) is 1.19. The molecule has 0 radical (unpaired) electrons. The van der Waals surface area contributed by atoms with E-state index in [1.165, 1.54) is 20.0 Å². The fraction of sp³-hybridized carbons (Fsp3) is 0.917. The minimum Gasteiger partial charge on any atom is -0.469 e. The van der Waals surface area contributed by atoms with Crippen LogP contribution in [0.4, 0.5) is 0 Å². The lowest BCUT2D eigenvalue weighted by Crippen LogP contribution is -2.59. The largest absolute Gasteiger partial charge is 0.469 e. The molecule has 0 saturated heterocycles. The summed E-state index contributed by atoms with van der Waals surface area (Å²) in [4.78, 5) is 11.9. The summed E-state index contributed by atoms with van der Waals surface area (Å²) >= 11 is 0. The van der Waals surface area contributed by atoms with Crippen LogP contribution in [0.25, 0.3) is 0 Å². The van der Waals surface area contributed by atoms with Crippen LogP contribution in [0.15, 0.2) is 0 Å². The Morgan fingerprint density at radius 3 is 2.40 bits per heavy atom. The van der Waals surface area contributed by atoms with Crippen LogP contribution in [0.5, 0.6) is 0 Å². The van der Waals surface area contributed by atoms with Crippen LogP contribution < -0.4 is 5.73 Å². The Bertz CT molecular complexity index is 286. The molecule has 2 N–H and O–H groups in total. The molecular formula is C12H19NO2. The fourth-order valence-corrected chi connectivity index (χ4v) is 4.53. The SMILES string of the molecule is COC(=O)C12CC3C[C@@H](C1)C(N)[C@@H](C3)C2. The van der Waals surface area contributed by atoms with Crippen molar-refractivity contribution >= 4 is 5.97 Å². The highest BCUT2D eigenvalue weighted by Gasteiger charge is 2.58. The molecule has 4 aliphatic rings. The van der Waals surface area contributed by atoms with E-state index in [1.807, 2.05) is 0 Å². The molecule has 4 saturated carbocycles. The van der Waals surface area contributed by atoms with E-state index in [0.717, 1.165) is 25.2 Å². The van der Waals surface area contributed by atoms with Crippen molar-refractivity contribution in [2.24, 2.45) is 28.9 Å². The van der Waals surface area contributed by atoms with Gasteiger partial charge in [0.15, 0.2) is 0 Å². The highest BCUT2D eigenvalue weighted by Crippen LogP contribution is 2.59. The zero-order chi connectivity index (χ0) is 10.6. The Labute approximate surface area is 90.4 Å². The third-order valence-electron chi connectivity index (χ3n) is 4.96. The Morgan fingerprint density at radius 2 is 1.87 bits per heavy atom. The summed E-state index contributed by atoms with van der Waals surface area (Å²) in [6.07, 6.45) is 5.51. The van der Waals surface area contributed by atoms with Crippen LogP contribution in [-0.2, 0) is 9.53 Å². The van der Waals surface area contributed by atoms with Gasteiger partial charge in [0.25, 0.3) is 0 Å². The number of hydrogen-bond donors (Lipinski definition) is 1. The van der Waals surface area contributed by atoms with Crippen molar-refractivity contribution in [1.82, 2.24) is 0 Å². The van der Waals surface area contributed by atoms with Crippen LogP contribution in [0.1, 0.15) is 32.1 Å². The predicted octanol–water partition coefficient (Wildman–Crippen LogP) is 1.31. The van der Waals surface area contributed by atoms with E-state index in [2.05, 4.69) is 0 Å². The van der Waals surface area contributed by atoms with Crippen LogP contribution in [0.3, 0.4) is 0 Å². The molecular weight excluding hydrogens is 190 g/mol. The highest BCUT2D eigenvalue weighted by molar-refractivity contribution is 5.77. The first-order valence-corrected chi connectivity index (χ1v) is 5.98. The smallest absolute Gasteiger partial charge is 0.311 e. The summed E-state index contributed by atoms with van der Waals surface area (Å²) in [6.45, 7) is 0. The van der Waals surface area contributed by atoms with E-state index in [0.29, 0.717) is 17.9 Å². The second-order valence-electron chi connectivity index (χ2n) is 5.82. The van der Waals surface area contributed by atoms with Crippen molar-refractivity contribution in [2.75, 3.05) is 7.11 Å². The lowest BCUT2D eigenvalue weighted by Gasteiger charge is -2.57. The monoisotopic (exact) mass is 209 g/mol. The van der Waals surface area contributed by atoms with E-state index in [1.54, 1.807) is 0 Å². The van der Waals surface area contributed by atoms with Gasteiger partial charge >= 0.3 is 5.97 Å². The molecule has 0 aliphatic heterocycles. The Hall–Kier alpha value is -0.570. The molecule has 3 heteroatoms. The second kappa shape index (κ2) is 2.97. The summed E-state index contributed by atoms with van der Waals surface area (Å²) in [5.74, 6) is 1.92. The molecule has 84 valence electrons. The van der Waals surface area contributed by atoms with Gasteiger partial charge in [-0.3, -0.25) is 4.79 Å². The van der Waals surface area contributed by atoms with Gasteiger partial charge in [-0.25, -0.2) is 0 Å². The maximum atomic E-state index is 11.9. The van der Waals surface area contributed by atoms with E-state index in [9.17, 15) is 4.79 Å². The Kier molecular flexibility index (Phi) is 1.91. The minimum absolute atomic E-state index is 0.0220. The number of carbonyl (C=O) groups excluding carboxylic acids is 1. The van der Waals surface area contributed by atoms with Crippen molar-refractivity contribution in [3.63, 3.8) is 0 Å². The zero-order valence-corrected chi connectivity index (χ0v) is 9.24. The van der Waals surface area contributed by atoms with Gasteiger partial charge in [0.1, 0.15) is 0 Å². The molecule has 4 bridgehead atoms. The molecule has 0 aromatic rings. The van der Waals surface area contributed by atoms with Crippen LogP contribution >= 0.6 is 0 Å². The summed E-state index contributed by atoms with van der Waals surface area (Å²) < 4.78 is 4.99. The third-order valence-corrected chi connectivity index (χ3v) is 4.96. The van der Waals surface area contributed by atoms with E-state index >= 15 is 0 Å². The van der Waals surface area contributed by atoms with Crippen molar-refractivity contribution < 1.29 is 9.53 Å². The van der Waals surface area contributed by atoms with Gasteiger partial charge in [-0.1, -0.05) is 0 Å². The zero-order valence-electron chi connectivity index (χ0n) is 9.24. The summed E-state index contributed by atoms with van der Waals surface area (Å²) in [5, 5.41) is 0. The number of methoxy groups -OCH3 is 1. The lowest BCUT2D eigenvalue weighted by molar-refractivity contribution is -0.169. The summed E-state index contributed by atoms with van der Waals surface area (Å²) in [6, 6.07) is 0.347. The van der Waals surface area contributed by atoms with E-state index < -0.39 is 0 Å². The quantitative estimate of drug-likeness (QED) is 0.662. The molecule has 0 unspecified atom stereocenters. The lowest BCUT2D eigenvalue weighted by atomic mass is 9.48. The predicted molar refractivity (Wildman–Crippen MR) is 56.0 cm³/mol. The van der Waals surface area contributed by atoms with Gasteiger partial charge in [-0.15, -0.1) is 0 Å². The second-order valence-corrected chi connectivity index (χ2v) is 5.82. The Balaban J connectivity index is 1.92. The summed E-state index contributed by atoms with van der Waals surface area (Å²) in [5.41, 5.74) is 6.06. The Morgan fingerprint density at radius 1 is 1.27 bits per heavy atom. The molecule has 4 rings (SSSR count). The maximum Gasteiger partial charge on any atom is 0.311 e. The van der Waals surface area contributed by atoms with Gasteiger partial charge in [0.2, 0.25) is 0 Å². The average Bonchev–Trinajstić information content (AvgIpc) is 2.23. The number of carbonyl (C=O) groups is 1. The molecule has 15 heavy (non-hydrogen) atoms. The van der Waals surface area contributed by atoms with Crippen LogP contribution in [0.2, 0.25) is 0 Å². The van der Waals surface area contributed by atoms with Gasteiger partial charge in [0.05, 0.1) is 12.5 Å². The van der Waals surface area contributed by atoms with Crippen molar-refractivity contribution in [3.8, 4) is 0 Å². The van der Waals surface area contributed by atoms with Gasteiger partial charge in [-0.2, -0.15) is 0 Å². The maximum absolute atomic E-state index is 11.9. The highest BCUT2D eigenvalue weighted by atomic mass is 16.5. The van der Waals surface area contributed by atoms with Crippen molar-refractivity contribution in [1.29, 1.82) is 0 Å². The van der Waals surface area contributed by atoms with E-state index in [4.69, 9.17) is 10.5 Å². The van der Waals surface area contributed by atoms with Gasteiger partial charge in [0, 0.05) is 6.04 Å². The first-order chi connectivity index (χ1) is 7.14. The summed E-state index contributed by atoms with van der Waals surface area (Å²) in [7, 11) is 1.51. The molecule has 0 heterocycles. The van der Waals surface area contributed by atoms with Gasteiger partial charge < -0.3 is 10.5 Å². The molecule has 4 fully saturated rings. The van der Waals surface area contributed by atoms with Gasteiger partial charge in [-0.05, 0) is 49.9 Å². The number of nitrogens with two attached hydrogens (primary N) is 1. The molecule has 4 aliphatic carbocycles. The molecule has 2 atom stereocenters. The minimum atomic E-state index is -0.152. The number of ether oxygens (including phenoxy) is 1. The molecule has 0 amide bonds. The molecule has 0 spiro atoms. The average molecular weight is 209 g/mol. The molecule has 3 nitrogen and oxygen atoms in total. The standard InChI is InChI=1S/C12H19NO2/c1-15-11(14)12-4-7-2-8(5-12)10(13)9(3-7)6-12/h7-10H,2-6,13H2,1H3/t7?,8-,9-,10?,12?/m0/s1. The normalized spacial score (nSPS) is 51.9. The molecule has 0 aromatic carbocycles. The number of hydrogen-bond acceptors (Lipinski definition) is 3. The first-order valence-electron chi connectivity index (χ1n) is 5.98. The van der Waals surface area contributed by atoms with E-state index in [-0.39, 0.29) is 11.4 Å². The fourth-order valence-electron chi connectivity index (χ4n) is 4.53. The first kappa shape index (κ1) is 9.64. The van der Waals surface area contributed by atoms with Crippen LogP contribution in [0, 0.1) is 23.2 Å². The molecule has 0 aromatic heterocycles. The number of esters is 1. The van der Waals surface area contributed by atoms with Crippen LogP contribution in [-0.4, -0.2) is 19.1 Å².